The monoisotopic (exact) mass is 520 g/mol. The standard InChI is InChI=1S/C27H28N4O3S2/c1-20-14-15-23(25(18-20)36(33,34)30-16-8-3-9-17-30)28-26(32)19-35-27-29-22-12-6-7-13-24(22)31(27)21-10-4-2-5-11-21/h2,4-7,10-15,18H,3,8-9,16-17,19H2,1H3,(H,28,32). The average molecular weight is 521 g/mol. The van der Waals surface area contributed by atoms with Gasteiger partial charge in [-0.25, -0.2) is 13.4 Å². The number of amides is 1. The number of sulfonamides is 1. The van der Waals surface area contributed by atoms with E-state index in [1.54, 1.807) is 12.1 Å². The van der Waals surface area contributed by atoms with Crippen LogP contribution in [-0.2, 0) is 14.8 Å². The minimum absolute atomic E-state index is 0.0905. The number of anilines is 1. The molecular formula is C27H28N4O3S2. The van der Waals surface area contributed by atoms with Gasteiger partial charge in [-0.3, -0.25) is 9.36 Å². The summed E-state index contributed by atoms with van der Waals surface area (Å²) in [5.41, 5.74) is 3.91. The van der Waals surface area contributed by atoms with Gasteiger partial charge >= 0.3 is 0 Å². The van der Waals surface area contributed by atoms with E-state index in [1.165, 1.54) is 16.1 Å². The second-order valence-corrected chi connectivity index (χ2v) is 11.7. The lowest BCUT2D eigenvalue weighted by atomic mass is 10.2. The van der Waals surface area contributed by atoms with Gasteiger partial charge in [0.1, 0.15) is 4.90 Å². The van der Waals surface area contributed by atoms with E-state index in [2.05, 4.69) is 5.32 Å². The molecule has 0 bridgehead atoms. The number of nitrogens with zero attached hydrogens (tertiary/aromatic N) is 3. The Hall–Kier alpha value is -3.14. The van der Waals surface area contributed by atoms with Gasteiger partial charge in [-0.05, 0) is 61.7 Å². The molecule has 0 radical (unpaired) electrons. The molecule has 1 fully saturated rings. The van der Waals surface area contributed by atoms with Crippen LogP contribution in [-0.4, -0.2) is 47.0 Å². The third kappa shape index (κ3) is 5.04. The summed E-state index contributed by atoms with van der Waals surface area (Å²) in [5.74, 6) is -0.196. The normalized spacial score (nSPS) is 14.7. The smallest absolute Gasteiger partial charge is 0.245 e. The lowest BCUT2D eigenvalue weighted by Gasteiger charge is -2.27. The van der Waals surface area contributed by atoms with E-state index in [0.717, 1.165) is 41.5 Å². The quantitative estimate of drug-likeness (QED) is 0.337. The van der Waals surface area contributed by atoms with Crippen molar-refractivity contribution >= 4 is 44.4 Å². The van der Waals surface area contributed by atoms with Crippen molar-refractivity contribution in [3.8, 4) is 5.69 Å². The van der Waals surface area contributed by atoms with Crippen molar-refractivity contribution in [2.75, 3.05) is 24.2 Å². The van der Waals surface area contributed by atoms with Crippen molar-refractivity contribution in [1.29, 1.82) is 0 Å². The van der Waals surface area contributed by atoms with Gasteiger partial charge in [0, 0.05) is 18.8 Å². The molecule has 0 atom stereocenters. The van der Waals surface area contributed by atoms with E-state index in [0.29, 0.717) is 23.9 Å². The van der Waals surface area contributed by atoms with E-state index < -0.39 is 10.0 Å². The van der Waals surface area contributed by atoms with E-state index in [1.807, 2.05) is 72.2 Å². The molecule has 0 spiro atoms. The van der Waals surface area contributed by atoms with Crippen LogP contribution in [0.5, 0.6) is 0 Å². The Labute approximate surface area is 215 Å². The highest BCUT2D eigenvalue weighted by Crippen LogP contribution is 2.30. The maximum atomic E-state index is 13.4. The Bertz CT molecular complexity index is 1490. The van der Waals surface area contributed by atoms with Crippen molar-refractivity contribution in [3.05, 3.63) is 78.4 Å². The molecule has 0 saturated carbocycles. The minimum atomic E-state index is -3.69. The predicted molar refractivity (Wildman–Crippen MR) is 144 cm³/mol. The van der Waals surface area contributed by atoms with Crippen LogP contribution in [0, 0.1) is 6.92 Å². The van der Waals surface area contributed by atoms with Gasteiger partial charge in [0.05, 0.1) is 22.5 Å². The number of fused-ring (bicyclic) bond motifs is 1. The highest BCUT2D eigenvalue weighted by atomic mass is 32.2. The van der Waals surface area contributed by atoms with Crippen molar-refractivity contribution in [1.82, 2.24) is 13.9 Å². The summed E-state index contributed by atoms with van der Waals surface area (Å²) >= 11 is 1.32. The van der Waals surface area contributed by atoms with Gasteiger partial charge in [0.25, 0.3) is 0 Å². The highest BCUT2D eigenvalue weighted by molar-refractivity contribution is 7.99. The van der Waals surface area contributed by atoms with Crippen LogP contribution in [0.25, 0.3) is 16.7 Å². The largest absolute Gasteiger partial charge is 0.324 e. The maximum absolute atomic E-state index is 13.4. The summed E-state index contributed by atoms with van der Waals surface area (Å²) in [6.45, 7) is 2.87. The zero-order chi connectivity index (χ0) is 25.1. The summed E-state index contributed by atoms with van der Waals surface area (Å²) < 4.78 is 30.3. The number of rotatable bonds is 7. The molecule has 0 aliphatic carbocycles. The number of carbonyl (C=O) groups excluding carboxylic acids is 1. The van der Waals surface area contributed by atoms with Crippen molar-refractivity contribution in [3.63, 3.8) is 0 Å². The number of aryl methyl sites for hydroxylation is 1. The first kappa shape index (κ1) is 24.5. The van der Waals surface area contributed by atoms with Crippen LogP contribution in [0.4, 0.5) is 5.69 Å². The molecular weight excluding hydrogens is 492 g/mol. The molecule has 1 saturated heterocycles. The van der Waals surface area contributed by atoms with Gasteiger partial charge < -0.3 is 5.32 Å². The second-order valence-electron chi connectivity index (χ2n) is 8.86. The van der Waals surface area contributed by atoms with Crippen LogP contribution in [0.3, 0.4) is 0 Å². The number of nitrogens with one attached hydrogen (secondary N) is 1. The number of thioether (sulfide) groups is 1. The highest BCUT2D eigenvalue weighted by Gasteiger charge is 2.29. The van der Waals surface area contributed by atoms with E-state index in [4.69, 9.17) is 4.98 Å². The Kier molecular flexibility index (Phi) is 7.13. The molecule has 36 heavy (non-hydrogen) atoms. The Morgan fingerprint density at radius 1 is 0.972 bits per heavy atom. The summed E-state index contributed by atoms with van der Waals surface area (Å²) in [6, 6.07) is 22.9. The zero-order valence-electron chi connectivity index (χ0n) is 20.1. The maximum Gasteiger partial charge on any atom is 0.245 e. The van der Waals surface area contributed by atoms with Crippen LogP contribution in [0.15, 0.2) is 82.8 Å². The molecule has 9 heteroatoms. The molecule has 5 rings (SSSR count). The number of aromatic nitrogens is 2. The summed E-state index contributed by atoms with van der Waals surface area (Å²) in [4.78, 5) is 17.9. The van der Waals surface area contributed by atoms with Gasteiger partial charge in [-0.1, -0.05) is 54.6 Å². The third-order valence-electron chi connectivity index (χ3n) is 6.22. The van der Waals surface area contributed by atoms with Crippen LogP contribution in [0.1, 0.15) is 24.8 Å². The Morgan fingerprint density at radius 3 is 2.47 bits per heavy atom. The Balaban J connectivity index is 1.38. The minimum Gasteiger partial charge on any atom is -0.324 e. The van der Waals surface area contributed by atoms with Crippen molar-refractivity contribution in [2.24, 2.45) is 0 Å². The number of hydrogen-bond donors (Lipinski definition) is 1. The van der Waals surface area contributed by atoms with Crippen LogP contribution >= 0.6 is 11.8 Å². The molecule has 1 aliphatic rings. The third-order valence-corrected chi connectivity index (χ3v) is 9.10. The zero-order valence-corrected chi connectivity index (χ0v) is 21.7. The molecule has 7 nitrogen and oxygen atoms in total. The van der Waals surface area contributed by atoms with Gasteiger partial charge in [-0.15, -0.1) is 0 Å². The van der Waals surface area contributed by atoms with E-state index in [9.17, 15) is 13.2 Å². The number of carbonyl (C=O) groups is 1. The summed E-state index contributed by atoms with van der Waals surface area (Å²) in [6.07, 6.45) is 2.74. The molecule has 1 N–H and O–H groups in total. The van der Waals surface area contributed by atoms with Gasteiger partial charge in [-0.2, -0.15) is 4.31 Å². The van der Waals surface area contributed by atoms with Crippen molar-refractivity contribution in [2.45, 2.75) is 36.2 Å². The molecule has 1 aliphatic heterocycles. The topological polar surface area (TPSA) is 84.3 Å². The fourth-order valence-corrected chi connectivity index (χ4v) is 7.01. The molecule has 4 aromatic rings. The molecule has 1 amide bonds. The summed E-state index contributed by atoms with van der Waals surface area (Å²) in [7, 11) is -3.69. The number of piperidine rings is 1. The first-order valence-electron chi connectivity index (χ1n) is 12.0. The number of benzene rings is 3. The molecule has 0 unspecified atom stereocenters. The van der Waals surface area contributed by atoms with Crippen molar-refractivity contribution < 1.29 is 13.2 Å². The fraction of sp³-hybridized carbons (Fsp3) is 0.259. The Morgan fingerprint density at radius 2 is 1.69 bits per heavy atom. The van der Waals surface area contributed by atoms with Crippen LogP contribution in [0.2, 0.25) is 0 Å². The number of para-hydroxylation sites is 3. The first-order chi connectivity index (χ1) is 17.4. The molecule has 3 aromatic carbocycles. The van der Waals surface area contributed by atoms with Gasteiger partial charge in [0.15, 0.2) is 5.16 Å². The van der Waals surface area contributed by atoms with Gasteiger partial charge in [0.2, 0.25) is 15.9 Å². The average Bonchev–Trinajstić information content (AvgIpc) is 3.28. The fourth-order valence-electron chi connectivity index (χ4n) is 4.43. The first-order valence-corrected chi connectivity index (χ1v) is 14.4. The lowest BCUT2D eigenvalue weighted by Crippen LogP contribution is -2.36. The molecule has 2 heterocycles. The predicted octanol–water partition coefficient (Wildman–Crippen LogP) is 5.24. The summed E-state index contributed by atoms with van der Waals surface area (Å²) in [5, 5.41) is 3.54. The second kappa shape index (κ2) is 10.5. The lowest BCUT2D eigenvalue weighted by molar-refractivity contribution is -0.113. The van der Waals surface area contributed by atoms with Crippen LogP contribution < -0.4 is 5.32 Å². The van der Waals surface area contributed by atoms with E-state index >= 15 is 0 Å². The molecule has 1 aromatic heterocycles. The SMILES string of the molecule is Cc1ccc(NC(=O)CSc2nc3ccccc3n2-c2ccccc2)c(S(=O)(=O)N2CCCCC2)c1. The van der Waals surface area contributed by atoms with E-state index in [-0.39, 0.29) is 16.6 Å². The molecule has 186 valence electrons. The number of imidazole rings is 1. The number of hydrogen-bond acceptors (Lipinski definition) is 5.